The van der Waals surface area contributed by atoms with E-state index in [1.54, 1.807) is 11.1 Å². The van der Waals surface area contributed by atoms with E-state index in [2.05, 4.69) is 32.0 Å². The Bertz CT molecular complexity index is 461. The van der Waals surface area contributed by atoms with Gasteiger partial charge in [-0.15, -0.1) is 0 Å². The zero-order valence-corrected chi connectivity index (χ0v) is 11.8. The van der Waals surface area contributed by atoms with Crippen molar-refractivity contribution in [3.63, 3.8) is 0 Å². The van der Waals surface area contributed by atoms with Crippen LogP contribution in [0.1, 0.15) is 56.2 Å². The van der Waals surface area contributed by atoms with Crippen molar-refractivity contribution in [1.82, 2.24) is 0 Å². The topological polar surface area (TPSA) is 26.0 Å². The van der Waals surface area contributed by atoms with E-state index in [-0.39, 0.29) is 11.0 Å². The first-order valence-electron chi connectivity index (χ1n) is 7.40. The molecule has 1 atom stereocenters. The molecule has 2 aliphatic carbocycles. The molecule has 0 aliphatic heterocycles. The fraction of sp³-hybridized carbons (Fsp3) is 0.647. The van der Waals surface area contributed by atoms with Crippen LogP contribution in [0.25, 0.3) is 0 Å². The summed E-state index contributed by atoms with van der Waals surface area (Å²) >= 11 is 0. The lowest BCUT2D eigenvalue weighted by atomic mass is 9.72. The second-order valence-corrected chi connectivity index (χ2v) is 7.03. The normalized spacial score (nSPS) is 29.5. The minimum absolute atomic E-state index is 0.000158. The molecule has 0 spiro atoms. The van der Waals surface area contributed by atoms with Gasteiger partial charge in [-0.25, -0.2) is 0 Å². The Hall–Kier alpha value is -0.820. The molecule has 0 bridgehead atoms. The monoisotopic (exact) mass is 243 g/mol. The van der Waals surface area contributed by atoms with Crippen LogP contribution in [-0.4, -0.2) is 5.54 Å². The smallest absolute Gasteiger partial charge is 0.0246 e. The Kier molecular flexibility index (Phi) is 2.78. The van der Waals surface area contributed by atoms with Crippen molar-refractivity contribution >= 4 is 0 Å². The van der Waals surface area contributed by atoms with E-state index in [1.807, 2.05) is 0 Å². The van der Waals surface area contributed by atoms with Crippen LogP contribution in [0.15, 0.2) is 18.2 Å². The zero-order chi connectivity index (χ0) is 12.8. The van der Waals surface area contributed by atoms with Gasteiger partial charge in [0.05, 0.1) is 0 Å². The molecule has 98 valence electrons. The van der Waals surface area contributed by atoms with Gasteiger partial charge >= 0.3 is 0 Å². The highest BCUT2D eigenvalue weighted by Crippen LogP contribution is 2.46. The van der Waals surface area contributed by atoms with Crippen molar-refractivity contribution in [2.75, 3.05) is 0 Å². The third-order valence-electron chi connectivity index (χ3n) is 5.45. The molecule has 3 rings (SSSR count). The van der Waals surface area contributed by atoms with Crippen molar-refractivity contribution in [1.29, 1.82) is 0 Å². The third-order valence-corrected chi connectivity index (χ3v) is 5.45. The van der Waals surface area contributed by atoms with Gasteiger partial charge in [0.1, 0.15) is 0 Å². The van der Waals surface area contributed by atoms with Gasteiger partial charge in [0.15, 0.2) is 0 Å². The van der Waals surface area contributed by atoms with E-state index in [0.717, 1.165) is 6.42 Å². The minimum atomic E-state index is -0.000158. The molecule has 0 heterocycles. The van der Waals surface area contributed by atoms with Crippen LogP contribution in [0.5, 0.6) is 0 Å². The Morgan fingerprint density at radius 1 is 1.06 bits per heavy atom. The van der Waals surface area contributed by atoms with E-state index in [0.29, 0.717) is 0 Å². The molecule has 1 aromatic rings. The number of hydrogen-bond acceptors (Lipinski definition) is 1. The predicted octanol–water partition coefficient (Wildman–Crippen LogP) is 3.63. The Morgan fingerprint density at radius 2 is 1.83 bits per heavy atom. The molecule has 2 N–H and O–H groups in total. The summed E-state index contributed by atoms with van der Waals surface area (Å²) in [6.45, 7) is 4.68. The van der Waals surface area contributed by atoms with Crippen molar-refractivity contribution in [3.8, 4) is 0 Å². The molecule has 0 saturated heterocycles. The van der Waals surface area contributed by atoms with Gasteiger partial charge in [-0.3, -0.25) is 0 Å². The van der Waals surface area contributed by atoms with Gasteiger partial charge in [-0.05, 0) is 60.6 Å². The second kappa shape index (κ2) is 4.09. The first-order valence-corrected chi connectivity index (χ1v) is 7.40. The lowest BCUT2D eigenvalue weighted by Gasteiger charge is -2.38. The number of benzene rings is 1. The largest absolute Gasteiger partial charge is 0.324 e. The van der Waals surface area contributed by atoms with Crippen LogP contribution < -0.4 is 5.73 Å². The maximum absolute atomic E-state index is 6.71. The molecule has 0 radical (unpaired) electrons. The molecule has 1 saturated carbocycles. The van der Waals surface area contributed by atoms with Crippen LogP contribution in [0.3, 0.4) is 0 Å². The number of rotatable bonds is 2. The number of hydrogen-bond donors (Lipinski definition) is 1. The first-order chi connectivity index (χ1) is 8.50. The lowest BCUT2D eigenvalue weighted by molar-refractivity contribution is 0.207. The summed E-state index contributed by atoms with van der Waals surface area (Å²) in [4.78, 5) is 0. The van der Waals surface area contributed by atoms with Gasteiger partial charge < -0.3 is 5.73 Å². The summed E-state index contributed by atoms with van der Waals surface area (Å²) in [6.07, 6.45) is 8.66. The van der Waals surface area contributed by atoms with Gasteiger partial charge in [-0.2, -0.15) is 0 Å². The average Bonchev–Trinajstić information content (AvgIpc) is 2.84. The molecule has 2 aliphatic rings. The average molecular weight is 243 g/mol. The van der Waals surface area contributed by atoms with Gasteiger partial charge in [0.2, 0.25) is 0 Å². The maximum Gasteiger partial charge on any atom is 0.0246 e. The van der Waals surface area contributed by atoms with E-state index >= 15 is 0 Å². The summed E-state index contributed by atoms with van der Waals surface area (Å²) in [5.41, 5.74) is 11.6. The maximum atomic E-state index is 6.71. The first kappa shape index (κ1) is 12.2. The standard InChI is InChI=1S/C17H25N/c1-16(2)9-4-10-17(16,18)12-13-7-8-14-5-3-6-15(14)11-13/h7-8,11H,3-6,9-10,12,18H2,1-2H3. The predicted molar refractivity (Wildman–Crippen MR) is 76.7 cm³/mol. The Labute approximate surface area is 111 Å². The minimum Gasteiger partial charge on any atom is -0.324 e. The molecule has 0 amide bonds. The summed E-state index contributed by atoms with van der Waals surface area (Å²) in [5.74, 6) is 0. The highest BCUT2D eigenvalue weighted by molar-refractivity contribution is 5.36. The van der Waals surface area contributed by atoms with Crippen molar-refractivity contribution in [3.05, 3.63) is 34.9 Å². The van der Waals surface area contributed by atoms with Gasteiger partial charge in [0, 0.05) is 5.54 Å². The molecule has 0 aromatic heterocycles. The molecule has 1 nitrogen and oxygen atoms in total. The van der Waals surface area contributed by atoms with Crippen molar-refractivity contribution < 1.29 is 0 Å². The lowest BCUT2D eigenvalue weighted by Crippen LogP contribution is -2.50. The second-order valence-electron chi connectivity index (χ2n) is 7.03. The highest BCUT2D eigenvalue weighted by atomic mass is 14.8. The molecular formula is C17H25N. The van der Waals surface area contributed by atoms with E-state index in [1.165, 1.54) is 44.1 Å². The van der Waals surface area contributed by atoms with E-state index in [9.17, 15) is 0 Å². The summed E-state index contributed by atoms with van der Waals surface area (Å²) in [5, 5.41) is 0. The SMILES string of the molecule is CC1(C)CCCC1(N)Cc1ccc2c(c1)CCC2. The van der Waals surface area contributed by atoms with E-state index in [4.69, 9.17) is 5.73 Å². The quantitative estimate of drug-likeness (QED) is 0.843. The summed E-state index contributed by atoms with van der Waals surface area (Å²) in [6, 6.07) is 7.07. The van der Waals surface area contributed by atoms with Crippen LogP contribution >= 0.6 is 0 Å². The summed E-state index contributed by atoms with van der Waals surface area (Å²) in [7, 11) is 0. The molecule has 1 unspecified atom stereocenters. The highest BCUT2D eigenvalue weighted by Gasteiger charge is 2.45. The molecule has 18 heavy (non-hydrogen) atoms. The molecular weight excluding hydrogens is 218 g/mol. The van der Waals surface area contributed by atoms with Crippen molar-refractivity contribution in [2.24, 2.45) is 11.1 Å². The van der Waals surface area contributed by atoms with Crippen LogP contribution in [-0.2, 0) is 19.3 Å². The van der Waals surface area contributed by atoms with Crippen LogP contribution in [0.2, 0.25) is 0 Å². The molecule has 1 heteroatoms. The number of aryl methyl sites for hydroxylation is 2. The van der Waals surface area contributed by atoms with Crippen LogP contribution in [0.4, 0.5) is 0 Å². The fourth-order valence-corrected chi connectivity index (χ4v) is 3.86. The van der Waals surface area contributed by atoms with Gasteiger partial charge in [0.25, 0.3) is 0 Å². The fourth-order valence-electron chi connectivity index (χ4n) is 3.86. The molecule has 1 fully saturated rings. The van der Waals surface area contributed by atoms with Gasteiger partial charge in [-0.1, -0.05) is 38.5 Å². The van der Waals surface area contributed by atoms with Crippen molar-refractivity contribution in [2.45, 2.75) is 64.3 Å². The zero-order valence-electron chi connectivity index (χ0n) is 11.8. The Morgan fingerprint density at radius 3 is 2.56 bits per heavy atom. The number of nitrogens with two attached hydrogens (primary N) is 1. The third kappa shape index (κ3) is 1.89. The Balaban J connectivity index is 1.84. The number of fused-ring (bicyclic) bond motifs is 1. The summed E-state index contributed by atoms with van der Waals surface area (Å²) < 4.78 is 0. The van der Waals surface area contributed by atoms with Crippen LogP contribution in [0, 0.1) is 5.41 Å². The molecule has 1 aromatic carbocycles. The van der Waals surface area contributed by atoms with E-state index < -0.39 is 0 Å².